The highest BCUT2D eigenvalue weighted by atomic mass is 32.1. The van der Waals surface area contributed by atoms with Crippen LogP contribution in [0.5, 0.6) is 0 Å². The van der Waals surface area contributed by atoms with Crippen molar-refractivity contribution in [3.63, 3.8) is 0 Å². The van der Waals surface area contributed by atoms with Crippen LogP contribution in [0.15, 0.2) is 23.6 Å². The number of nitrogens with one attached hydrogen (secondary N) is 1. The summed E-state index contributed by atoms with van der Waals surface area (Å²) in [5, 5.41) is 6.56. The first kappa shape index (κ1) is 11.9. The molecular weight excluding hydrogens is 230 g/mol. The molecule has 0 aliphatic rings. The van der Waals surface area contributed by atoms with Crippen LogP contribution in [-0.4, -0.2) is 11.5 Å². The van der Waals surface area contributed by atoms with Gasteiger partial charge in [-0.05, 0) is 31.5 Å². The topological polar surface area (TPSA) is 50.9 Å². The Labute approximate surface area is 106 Å². The molecule has 0 bridgehead atoms. The molecule has 0 amide bonds. The van der Waals surface area contributed by atoms with Crippen LogP contribution in [-0.2, 0) is 6.42 Å². The first-order valence-corrected chi connectivity index (χ1v) is 6.54. The molecule has 3 nitrogen and oxygen atoms in total. The molecule has 0 saturated heterocycles. The molecule has 4 heteroatoms. The molecule has 0 unspecified atom stereocenters. The van der Waals surface area contributed by atoms with Gasteiger partial charge in [0.25, 0.3) is 0 Å². The summed E-state index contributed by atoms with van der Waals surface area (Å²) in [5.74, 6) is 0. The smallest absolute Gasteiger partial charge is 0.0897 e. The molecule has 0 saturated carbocycles. The van der Waals surface area contributed by atoms with Crippen molar-refractivity contribution in [3.05, 3.63) is 39.8 Å². The van der Waals surface area contributed by atoms with E-state index in [1.807, 2.05) is 26.0 Å². The van der Waals surface area contributed by atoms with Crippen molar-refractivity contribution in [2.75, 3.05) is 17.6 Å². The van der Waals surface area contributed by atoms with Gasteiger partial charge in [-0.3, -0.25) is 0 Å². The van der Waals surface area contributed by atoms with Gasteiger partial charge in [-0.2, -0.15) is 0 Å². The van der Waals surface area contributed by atoms with Crippen molar-refractivity contribution < 1.29 is 0 Å². The number of aryl methyl sites for hydroxylation is 2. The standard InChI is InChI=1S/C13H17N3S/c1-9-3-4-13(12(14)7-9)15-6-5-11-8-17-10(2)16-11/h3-4,7-8,15H,5-6,14H2,1-2H3. The van der Waals surface area contributed by atoms with Crippen molar-refractivity contribution in [1.82, 2.24) is 4.98 Å². The maximum atomic E-state index is 5.93. The fourth-order valence-corrected chi connectivity index (χ4v) is 2.34. The minimum Gasteiger partial charge on any atom is -0.397 e. The highest BCUT2D eigenvalue weighted by Crippen LogP contribution is 2.19. The summed E-state index contributed by atoms with van der Waals surface area (Å²) in [6.45, 7) is 4.92. The van der Waals surface area contributed by atoms with Crippen LogP contribution in [0.3, 0.4) is 0 Å². The molecule has 2 aromatic rings. The second-order valence-corrected chi connectivity index (χ2v) is 5.19. The van der Waals surface area contributed by atoms with E-state index in [-0.39, 0.29) is 0 Å². The SMILES string of the molecule is Cc1ccc(NCCc2csc(C)n2)c(N)c1. The largest absolute Gasteiger partial charge is 0.397 e. The van der Waals surface area contributed by atoms with Gasteiger partial charge in [0.2, 0.25) is 0 Å². The Morgan fingerprint density at radius 2 is 2.18 bits per heavy atom. The van der Waals surface area contributed by atoms with Gasteiger partial charge < -0.3 is 11.1 Å². The van der Waals surface area contributed by atoms with Crippen molar-refractivity contribution in [1.29, 1.82) is 0 Å². The first-order valence-electron chi connectivity index (χ1n) is 5.66. The lowest BCUT2D eigenvalue weighted by atomic mass is 10.2. The second kappa shape index (κ2) is 5.19. The molecule has 0 aliphatic carbocycles. The molecule has 17 heavy (non-hydrogen) atoms. The maximum Gasteiger partial charge on any atom is 0.0897 e. The third kappa shape index (κ3) is 3.20. The summed E-state index contributed by atoms with van der Waals surface area (Å²) >= 11 is 1.69. The normalized spacial score (nSPS) is 10.5. The van der Waals surface area contributed by atoms with Gasteiger partial charge in [-0.15, -0.1) is 11.3 Å². The fourth-order valence-electron chi connectivity index (χ4n) is 1.69. The number of nitrogen functional groups attached to an aromatic ring is 1. The average Bonchev–Trinajstić information content (AvgIpc) is 2.68. The zero-order valence-corrected chi connectivity index (χ0v) is 11.0. The number of nitrogens with two attached hydrogens (primary N) is 1. The number of rotatable bonds is 4. The van der Waals surface area contributed by atoms with E-state index in [1.54, 1.807) is 11.3 Å². The Balaban J connectivity index is 1.90. The number of aromatic nitrogens is 1. The number of hydrogen-bond acceptors (Lipinski definition) is 4. The lowest BCUT2D eigenvalue weighted by Gasteiger charge is -2.09. The van der Waals surface area contributed by atoms with E-state index in [4.69, 9.17) is 5.73 Å². The zero-order valence-electron chi connectivity index (χ0n) is 10.2. The summed E-state index contributed by atoms with van der Waals surface area (Å²) in [4.78, 5) is 4.43. The molecule has 2 rings (SSSR count). The van der Waals surface area contributed by atoms with E-state index in [0.717, 1.165) is 35.0 Å². The van der Waals surface area contributed by atoms with Gasteiger partial charge in [0.15, 0.2) is 0 Å². The van der Waals surface area contributed by atoms with Crippen LogP contribution >= 0.6 is 11.3 Å². The average molecular weight is 247 g/mol. The molecule has 90 valence electrons. The first-order chi connectivity index (χ1) is 8.15. The number of benzene rings is 1. The molecule has 1 aromatic heterocycles. The van der Waals surface area contributed by atoms with E-state index in [9.17, 15) is 0 Å². The Hall–Kier alpha value is -1.55. The summed E-state index contributed by atoms with van der Waals surface area (Å²) in [5.41, 5.74) is 10.1. The van der Waals surface area contributed by atoms with E-state index in [0.29, 0.717) is 0 Å². The number of nitrogens with zero attached hydrogens (tertiary/aromatic N) is 1. The van der Waals surface area contributed by atoms with Crippen LogP contribution in [0, 0.1) is 13.8 Å². The van der Waals surface area contributed by atoms with Gasteiger partial charge in [-0.1, -0.05) is 6.07 Å². The van der Waals surface area contributed by atoms with Crippen LogP contribution < -0.4 is 11.1 Å². The number of thiazole rings is 1. The summed E-state index contributed by atoms with van der Waals surface area (Å²) in [7, 11) is 0. The summed E-state index contributed by atoms with van der Waals surface area (Å²) in [6.07, 6.45) is 0.928. The number of anilines is 2. The summed E-state index contributed by atoms with van der Waals surface area (Å²) < 4.78 is 0. The number of hydrogen-bond donors (Lipinski definition) is 2. The van der Waals surface area contributed by atoms with E-state index < -0.39 is 0 Å². The Bertz CT molecular complexity index is 505. The van der Waals surface area contributed by atoms with Crippen molar-refractivity contribution in [3.8, 4) is 0 Å². The molecule has 0 aliphatic heterocycles. The Morgan fingerprint density at radius 3 is 2.82 bits per heavy atom. The van der Waals surface area contributed by atoms with Gasteiger partial charge in [0, 0.05) is 18.3 Å². The molecule has 3 N–H and O–H groups in total. The Kier molecular flexibility index (Phi) is 3.64. The van der Waals surface area contributed by atoms with Crippen molar-refractivity contribution in [2.24, 2.45) is 0 Å². The van der Waals surface area contributed by atoms with Gasteiger partial charge in [-0.25, -0.2) is 4.98 Å². The minimum atomic E-state index is 0.805. The second-order valence-electron chi connectivity index (χ2n) is 4.13. The summed E-state index contributed by atoms with van der Waals surface area (Å²) in [6, 6.07) is 6.07. The third-order valence-corrected chi connectivity index (χ3v) is 3.39. The van der Waals surface area contributed by atoms with E-state index in [1.165, 1.54) is 5.56 Å². The van der Waals surface area contributed by atoms with Crippen LogP contribution in [0.25, 0.3) is 0 Å². The third-order valence-electron chi connectivity index (χ3n) is 2.57. The lowest BCUT2D eigenvalue weighted by molar-refractivity contribution is 0.969. The van der Waals surface area contributed by atoms with Gasteiger partial charge in [0.05, 0.1) is 22.1 Å². The molecule has 0 fully saturated rings. The van der Waals surface area contributed by atoms with Crippen LogP contribution in [0.2, 0.25) is 0 Å². The molecule has 1 aromatic carbocycles. The van der Waals surface area contributed by atoms with E-state index >= 15 is 0 Å². The maximum absolute atomic E-state index is 5.93. The van der Waals surface area contributed by atoms with Crippen LogP contribution in [0.1, 0.15) is 16.3 Å². The van der Waals surface area contributed by atoms with Crippen molar-refractivity contribution in [2.45, 2.75) is 20.3 Å². The minimum absolute atomic E-state index is 0.805. The van der Waals surface area contributed by atoms with E-state index in [2.05, 4.69) is 21.7 Å². The van der Waals surface area contributed by atoms with Crippen molar-refractivity contribution >= 4 is 22.7 Å². The zero-order chi connectivity index (χ0) is 12.3. The monoisotopic (exact) mass is 247 g/mol. The highest BCUT2D eigenvalue weighted by Gasteiger charge is 2.00. The predicted molar refractivity (Wildman–Crippen MR) is 74.6 cm³/mol. The van der Waals surface area contributed by atoms with Crippen LogP contribution in [0.4, 0.5) is 11.4 Å². The highest BCUT2D eigenvalue weighted by molar-refractivity contribution is 7.09. The lowest BCUT2D eigenvalue weighted by Crippen LogP contribution is -2.07. The quantitative estimate of drug-likeness (QED) is 0.817. The van der Waals surface area contributed by atoms with Gasteiger partial charge in [0.1, 0.15) is 0 Å². The molecule has 1 heterocycles. The molecule has 0 radical (unpaired) electrons. The molecule has 0 spiro atoms. The fraction of sp³-hybridized carbons (Fsp3) is 0.308. The molecular formula is C13H17N3S. The predicted octanol–water partition coefficient (Wildman–Crippen LogP) is 3.00. The Morgan fingerprint density at radius 1 is 1.35 bits per heavy atom. The van der Waals surface area contributed by atoms with Gasteiger partial charge >= 0.3 is 0 Å². The molecule has 0 atom stereocenters.